The zero-order chi connectivity index (χ0) is 14.0. The molecule has 0 aromatic carbocycles. The second kappa shape index (κ2) is 5.52. The van der Waals surface area contributed by atoms with Crippen LogP contribution in [-0.2, 0) is 0 Å². The standard InChI is InChI=1S/C16H23N3O/c1-13-2-3-14(12-18-13)15(20)19-10-6-16(7-11-19)4-8-17-9-5-16/h2-3,12,17H,4-11H2,1H3. The van der Waals surface area contributed by atoms with Gasteiger partial charge in [0.2, 0.25) is 0 Å². The number of carbonyl (C=O) groups is 1. The summed E-state index contributed by atoms with van der Waals surface area (Å²) in [5.41, 5.74) is 2.17. The molecule has 0 aliphatic carbocycles. The van der Waals surface area contributed by atoms with Crippen molar-refractivity contribution in [2.24, 2.45) is 5.41 Å². The highest BCUT2D eigenvalue weighted by Crippen LogP contribution is 2.39. The molecule has 20 heavy (non-hydrogen) atoms. The summed E-state index contributed by atoms with van der Waals surface area (Å²) in [5.74, 6) is 0.140. The third-order valence-corrected chi connectivity index (χ3v) is 4.93. The van der Waals surface area contributed by atoms with Gasteiger partial charge in [-0.2, -0.15) is 0 Å². The normalized spacial score (nSPS) is 21.9. The van der Waals surface area contributed by atoms with Crippen LogP contribution in [0.1, 0.15) is 41.7 Å². The van der Waals surface area contributed by atoms with Gasteiger partial charge in [-0.25, -0.2) is 0 Å². The molecule has 0 saturated carbocycles. The molecule has 1 amide bonds. The first-order chi connectivity index (χ1) is 9.69. The number of rotatable bonds is 1. The van der Waals surface area contributed by atoms with E-state index in [0.29, 0.717) is 5.41 Å². The lowest BCUT2D eigenvalue weighted by atomic mass is 9.71. The number of hydrogen-bond donors (Lipinski definition) is 1. The average molecular weight is 273 g/mol. The molecular weight excluding hydrogens is 250 g/mol. The maximum atomic E-state index is 12.5. The van der Waals surface area contributed by atoms with Crippen LogP contribution in [0.2, 0.25) is 0 Å². The number of aryl methyl sites for hydroxylation is 1. The number of nitrogens with one attached hydrogen (secondary N) is 1. The largest absolute Gasteiger partial charge is 0.339 e. The number of hydrogen-bond acceptors (Lipinski definition) is 3. The summed E-state index contributed by atoms with van der Waals surface area (Å²) in [7, 11) is 0. The van der Waals surface area contributed by atoms with E-state index in [1.54, 1.807) is 6.20 Å². The summed E-state index contributed by atoms with van der Waals surface area (Å²) in [4.78, 5) is 18.7. The molecule has 0 radical (unpaired) electrons. The molecule has 1 aromatic heterocycles. The first-order valence-electron chi connectivity index (χ1n) is 7.61. The Balaban J connectivity index is 1.62. The minimum Gasteiger partial charge on any atom is -0.339 e. The van der Waals surface area contributed by atoms with Crippen molar-refractivity contribution in [2.45, 2.75) is 32.6 Å². The van der Waals surface area contributed by atoms with Crippen molar-refractivity contribution in [3.63, 3.8) is 0 Å². The zero-order valence-electron chi connectivity index (χ0n) is 12.2. The van der Waals surface area contributed by atoms with E-state index >= 15 is 0 Å². The minimum absolute atomic E-state index is 0.140. The molecule has 3 heterocycles. The number of likely N-dealkylation sites (tertiary alicyclic amines) is 1. The Hall–Kier alpha value is -1.42. The molecule has 4 heteroatoms. The van der Waals surface area contributed by atoms with Crippen LogP contribution in [0.4, 0.5) is 0 Å². The number of pyridine rings is 1. The number of nitrogens with zero attached hydrogens (tertiary/aromatic N) is 2. The van der Waals surface area contributed by atoms with E-state index in [-0.39, 0.29) is 5.91 Å². The molecule has 1 spiro atoms. The highest BCUT2D eigenvalue weighted by atomic mass is 16.2. The predicted octanol–water partition coefficient (Wildman–Crippen LogP) is 2.00. The van der Waals surface area contributed by atoms with E-state index < -0.39 is 0 Å². The van der Waals surface area contributed by atoms with Gasteiger partial charge in [-0.05, 0) is 63.2 Å². The second-order valence-corrected chi connectivity index (χ2v) is 6.23. The summed E-state index contributed by atoms with van der Waals surface area (Å²) >= 11 is 0. The molecule has 0 atom stereocenters. The molecule has 1 N–H and O–H groups in total. The molecule has 4 nitrogen and oxygen atoms in total. The first kappa shape index (κ1) is 13.6. The maximum absolute atomic E-state index is 12.5. The molecule has 2 saturated heterocycles. The number of amides is 1. The van der Waals surface area contributed by atoms with Crippen molar-refractivity contribution in [3.05, 3.63) is 29.6 Å². The second-order valence-electron chi connectivity index (χ2n) is 6.23. The Bertz CT molecular complexity index is 467. The van der Waals surface area contributed by atoms with E-state index in [4.69, 9.17) is 0 Å². The SMILES string of the molecule is Cc1ccc(C(=O)N2CCC3(CCNCC3)CC2)cn1. The van der Waals surface area contributed by atoms with E-state index in [9.17, 15) is 4.79 Å². The van der Waals surface area contributed by atoms with Crippen LogP contribution >= 0.6 is 0 Å². The lowest BCUT2D eigenvalue weighted by molar-refractivity contribution is 0.0495. The molecule has 3 rings (SSSR count). The Morgan fingerprint density at radius 3 is 2.50 bits per heavy atom. The van der Waals surface area contributed by atoms with Crippen LogP contribution in [0.15, 0.2) is 18.3 Å². The lowest BCUT2D eigenvalue weighted by Crippen LogP contribution is -2.47. The van der Waals surface area contributed by atoms with Gasteiger partial charge in [-0.1, -0.05) is 0 Å². The van der Waals surface area contributed by atoms with Crippen LogP contribution < -0.4 is 5.32 Å². The van der Waals surface area contributed by atoms with Crippen molar-refractivity contribution in [3.8, 4) is 0 Å². The van der Waals surface area contributed by atoms with Gasteiger partial charge >= 0.3 is 0 Å². The van der Waals surface area contributed by atoms with Crippen LogP contribution in [0, 0.1) is 12.3 Å². The van der Waals surface area contributed by atoms with Crippen molar-refractivity contribution in [1.82, 2.24) is 15.2 Å². The Labute approximate surface area is 120 Å². The maximum Gasteiger partial charge on any atom is 0.255 e. The fraction of sp³-hybridized carbons (Fsp3) is 0.625. The summed E-state index contributed by atoms with van der Waals surface area (Å²) in [5, 5.41) is 3.43. The van der Waals surface area contributed by atoms with Crippen molar-refractivity contribution < 1.29 is 4.79 Å². The number of aromatic nitrogens is 1. The van der Waals surface area contributed by atoms with Crippen LogP contribution in [0.25, 0.3) is 0 Å². The van der Waals surface area contributed by atoms with E-state index in [1.807, 2.05) is 24.0 Å². The molecule has 0 bridgehead atoms. The fourth-order valence-corrected chi connectivity index (χ4v) is 3.42. The van der Waals surface area contributed by atoms with Gasteiger partial charge in [0.1, 0.15) is 0 Å². The van der Waals surface area contributed by atoms with Gasteiger partial charge < -0.3 is 10.2 Å². The van der Waals surface area contributed by atoms with Gasteiger partial charge in [-0.3, -0.25) is 9.78 Å². The average Bonchev–Trinajstić information content (AvgIpc) is 2.49. The molecule has 108 valence electrons. The Morgan fingerprint density at radius 2 is 1.90 bits per heavy atom. The highest BCUT2D eigenvalue weighted by molar-refractivity contribution is 5.94. The lowest BCUT2D eigenvalue weighted by Gasteiger charge is -2.44. The van der Waals surface area contributed by atoms with Gasteiger partial charge in [0, 0.05) is 25.0 Å². The first-order valence-corrected chi connectivity index (χ1v) is 7.61. The van der Waals surface area contributed by atoms with Gasteiger partial charge in [0.05, 0.1) is 5.56 Å². The topological polar surface area (TPSA) is 45.2 Å². The molecule has 2 aliphatic rings. The smallest absolute Gasteiger partial charge is 0.255 e. The number of piperidine rings is 2. The summed E-state index contributed by atoms with van der Waals surface area (Å²) in [6.45, 7) is 6.00. The quantitative estimate of drug-likeness (QED) is 0.851. The fourth-order valence-electron chi connectivity index (χ4n) is 3.42. The van der Waals surface area contributed by atoms with Gasteiger partial charge in [0.25, 0.3) is 5.91 Å². The molecule has 0 unspecified atom stereocenters. The van der Waals surface area contributed by atoms with E-state index in [1.165, 1.54) is 12.8 Å². The summed E-state index contributed by atoms with van der Waals surface area (Å²) < 4.78 is 0. The summed E-state index contributed by atoms with van der Waals surface area (Å²) in [6, 6.07) is 3.80. The van der Waals surface area contributed by atoms with Crippen LogP contribution in [0.3, 0.4) is 0 Å². The van der Waals surface area contributed by atoms with Crippen molar-refractivity contribution >= 4 is 5.91 Å². The van der Waals surface area contributed by atoms with Crippen LogP contribution in [0.5, 0.6) is 0 Å². The van der Waals surface area contributed by atoms with Gasteiger partial charge in [-0.15, -0.1) is 0 Å². The minimum atomic E-state index is 0.140. The van der Waals surface area contributed by atoms with E-state index in [0.717, 1.165) is 50.3 Å². The molecule has 2 fully saturated rings. The van der Waals surface area contributed by atoms with Gasteiger partial charge in [0.15, 0.2) is 0 Å². The van der Waals surface area contributed by atoms with Crippen molar-refractivity contribution in [1.29, 1.82) is 0 Å². The third-order valence-electron chi connectivity index (χ3n) is 4.93. The monoisotopic (exact) mass is 273 g/mol. The van der Waals surface area contributed by atoms with Crippen LogP contribution in [-0.4, -0.2) is 42.0 Å². The summed E-state index contributed by atoms with van der Waals surface area (Å²) in [6.07, 6.45) is 6.54. The Morgan fingerprint density at radius 1 is 1.20 bits per heavy atom. The number of carbonyl (C=O) groups excluding carboxylic acids is 1. The zero-order valence-corrected chi connectivity index (χ0v) is 12.2. The van der Waals surface area contributed by atoms with Crippen molar-refractivity contribution in [2.75, 3.05) is 26.2 Å². The predicted molar refractivity (Wildman–Crippen MR) is 78.6 cm³/mol. The molecular formula is C16H23N3O. The highest BCUT2D eigenvalue weighted by Gasteiger charge is 2.36. The van der Waals surface area contributed by atoms with E-state index in [2.05, 4.69) is 10.3 Å². The third kappa shape index (κ3) is 2.70. The molecule has 2 aliphatic heterocycles. The Kier molecular flexibility index (Phi) is 3.74. The molecule has 1 aromatic rings.